The lowest BCUT2D eigenvalue weighted by Gasteiger charge is -2.29. The quantitative estimate of drug-likeness (QED) is 0.725. The van der Waals surface area contributed by atoms with Gasteiger partial charge in [0.05, 0.1) is 0 Å². The van der Waals surface area contributed by atoms with Crippen LogP contribution < -0.4 is 5.32 Å². The van der Waals surface area contributed by atoms with Gasteiger partial charge >= 0.3 is 0 Å². The van der Waals surface area contributed by atoms with E-state index in [1.54, 1.807) is 0 Å². The molecule has 0 saturated heterocycles. The Morgan fingerprint density at radius 2 is 1.79 bits per heavy atom. The van der Waals surface area contributed by atoms with Gasteiger partial charge in [-0.25, -0.2) is 0 Å². The largest absolute Gasteiger partial charge is 0.313 e. The summed E-state index contributed by atoms with van der Waals surface area (Å²) in [7, 11) is 0. The zero-order valence-electron chi connectivity index (χ0n) is 9.81. The van der Waals surface area contributed by atoms with E-state index < -0.39 is 0 Å². The summed E-state index contributed by atoms with van der Waals surface area (Å²) in [4.78, 5) is 0. The van der Waals surface area contributed by atoms with Crippen molar-refractivity contribution in [2.45, 2.75) is 64.8 Å². The van der Waals surface area contributed by atoms with Crippen LogP contribution in [0.2, 0.25) is 0 Å². The number of hydrogen-bond donors (Lipinski definition) is 1. The Hall–Kier alpha value is -0.0400. The van der Waals surface area contributed by atoms with Crippen molar-refractivity contribution in [1.29, 1.82) is 0 Å². The van der Waals surface area contributed by atoms with Crippen molar-refractivity contribution in [2.75, 3.05) is 6.54 Å². The summed E-state index contributed by atoms with van der Waals surface area (Å²) in [5.74, 6) is 1.03. The second-order valence-corrected chi connectivity index (χ2v) is 5.82. The molecule has 2 rings (SSSR count). The molecule has 1 N–H and O–H groups in total. The van der Waals surface area contributed by atoms with Gasteiger partial charge in [-0.3, -0.25) is 0 Å². The molecule has 2 aliphatic carbocycles. The predicted octanol–water partition coefficient (Wildman–Crippen LogP) is 3.34. The van der Waals surface area contributed by atoms with Crippen molar-refractivity contribution >= 4 is 0 Å². The van der Waals surface area contributed by atoms with Crippen molar-refractivity contribution in [3.05, 3.63) is 0 Å². The normalized spacial score (nSPS) is 35.6. The van der Waals surface area contributed by atoms with E-state index in [9.17, 15) is 0 Å². The highest BCUT2D eigenvalue weighted by Gasteiger charge is 2.37. The molecule has 14 heavy (non-hydrogen) atoms. The number of nitrogens with one attached hydrogen (secondary N) is 1. The van der Waals surface area contributed by atoms with Gasteiger partial charge in [-0.05, 0) is 49.9 Å². The van der Waals surface area contributed by atoms with E-state index in [1.807, 2.05) is 0 Å². The lowest BCUT2D eigenvalue weighted by atomic mass is 9.84. The first kappa shape index (κ1) is 10.5. The third-order valence-corrected chi connectivity index (χ3v) is 4.35. The highest BCUT2D eigenvalue weighted by atomic mass is 14.9. The van der Waals surface area contributed by atoms with E-state index in [0.717, 1.165) is 12.0 Å². The second kappa shape index (κ2) is 4.22. The van der Waals surface area contributed by atoms with E-state index in [1.165, 1.54) is 51.5 Å². The van der Waals surface area contributed by atoms with Crippen LogP contribution in [-0.4, -0.2) is 12.6 Å². The van der Waals surface area contributed by atoms with Crippen molar-refractivity contribution < 1.29 is 0 Å². The molecular weight excluding hydrogens is 170 g/mol. The summed E-state index contributed by atoms with van der Waals surface area (Å²) in [6, 6.07) is 0.843. The first-order valence-electron chi connectivity index (χ1n) is 6.45. The van der Waals surface area contributed by atoms with Gasteiger partial charge in [-0.15, -0.1) is 0 Å². The third kappa shape index (κ3) is 2.73. The van der Waals surface area contributed by atoms with Crippen molar-refractivity contribution in [3.63, 3.8) is 0 Å². The average molecular weight is 195 g/mol. The first-order valence-corrected chi connectivity index (χ1v) is 6.45. The minimum atomic E-state index is 0.682. The summed E-state index contributed by atoms with van der Waals surface area (Å²) in [6.07, 6.45) is 10.1. The standard InChI is InChI=1S/C13H25N/c1-3-11-4-6-12(7-5-11)14-10-13(2)8-9-13/h11-12,14H,3-10H2,1-2H3. The van der Waals surface area contributed by atoms with Crippen LogP contribution in [0.25, 0.3) is 0 Å². The highest BCUT2D eigenvalue weighted by Crippen LogP contribution is 2.44. The summed E-state index contributed by atoms with van der Waals surface area (Å²) in [5.41, 5.74) is 0.682. The maximum atomic E-state index is 3.77. The third-order valence-electron chi connectivity index (χ3n) is 4.35. The van der Waals surface area contributed by atoms with E-state index in [2.05, 4.69) is 19.2 Å². The lowest BCUT2D eigenvalue weighted by Crippen LogP contribution is -2.36. The molecule has 0 spiro atoms. The fourth-order valence-corrected chi connectivity index (χ4v) is 2.56. The molecule has 0 aliphatic heterocycles. The van der Waals surface area contributed by atoms with Gasteiger partial charge in [-0.1, -0.05) is 20.3 Å². The smallest absolute Gasteiger partial charge is 0.00674 e. The fourth-order valence-electron chi connectivity index (χ4n) is 2.56. The zero-order chi connectivity index (χ0) is 10.0. The topological polar surface area (TPSA) is 12.0 Å². The molecule has 0 bridgehead atoms. The summed E-state index contributed by atoms with van der Waals surface area (Å²) < 4.78 is 0. The fraction of sp³-hybridized carbons (Fsp3) is 1.00. The van der Waals surface area contributed by atoms with Crippen molar-refractivity contribution in [1.82, 2.24) is 5.32 Å². The van der Waals surface area contributed by atoms with Gasteiger partial charge in [0.15, 0.2) is 0 Å². The Kier molecular flexibility index (Phi) is 3.16. The summed E-state index contributed by atoms with van der Waals surface area (Å²) in [6.45, 7) is 6.02. The molecule has 0 amide bonds. The maximum absolute atomic E-state index is 3.77. The van der Waals surface area contributed by atoms with E-state index in [0.29, 0.717) is 5.41 Å². The van der Waals surface area contributed by atoms with E-state index in [4.69, 9.17) is 0 Å². The molecule has 0 aromatic carbocycles. The van der Waals surface area contributed by atoms with E-state index >= 15 is 0 Å². The van der Waals surface area contributed by atoms with Gasteiger partial charge < -0.3 is 5.32 Å². The molecule has 2 fully saturated rings. The summed E-state index contributed by atoms with van der Waals surface area (Å²) in [5, 5.41) is 3.77. The predicted molar refractivity (Wildman–Crippen MR) is 61.4 cm³/mol. The molecular formula is C13H25N. The van der Waals surface area contributed by atoms with Crippen LogP contribution in [0, 0.1) is 11.3 Å². The molecule has 2 saturated carbocycles. The average Bonchev–Trinajstić information content (AvgIpc) is 2.95. The monoisotopic (exact) mass is 195 g/mol. The molecule has 2 aliphatic rings. The van der Waals surface area contributed by atoms with E-state index in [-0.39, 0.29) is 0 Å². The molecule has 1 heteroatoms. The van der Waals surface area contributed by atoms with Crippen LogP contribution in [0.4, 0.5) is 0 Å². The molecule has 0 heterocycles. The number of hydrogen-bond acceptors (Lipinski definition) is 1. The SMILES string of the molecule is CCC1CCC(NCC2(C)CC2)CC1. The highest BCUT2D eigenvalue weighted by molar-refractivity contribution is 4.91. The van der Waals surface area contributed by atoms with Gasteiger partial charge in [0, 0.05) is 12.6 Å². The Morgan fingerprint density at radius 3 is 2.29 bits per heavy atom. The first-order chi connectivity index (χ1) is 6.72. The van der Waals surface area contributed by atoms with Crippen molar-refractivity contribution in [2.24, 2.45) is 11.3 Å². The van der Waals surface area contributed by atoms with Crippen LogP contribution in [0.15, 0.2) is 0 Å². The molecule has 1 nitrogen and oxygen atoms in total. The van der Waals surface area contributed by atoms with Gasteiger partial charge in [0.2, 0.25) is 0 Å². The second-order valence-electron chi connectivity index (χ2n) is 5.82. The Bertz CT molecular complexity index is 176. The lowest BCUT2D eigenvalue weighted by molar-refractivity contribution is 0.276. The van der Waals surface area contributed by atoms with Gasteiger partial charge in [0.1, 0.15) is 0 Å². The molecule has 82 valence electrons. The van der Waals surface area contributed by atoms with Crippen LogP contribution in [0.1, 0.15) is 58.8 Å². The van der Waals surface area contributed by atoms with Crippen LogP contribution >= 0.6 is 0 Å². The van der Waals surface area contributed by atoms with Gasteiger partial charge in [-0.2, -0.15) is 0 Å². The molecule has 0 aromatic rings. The molecule has 0 aromatic heterocycles. The van der Waals surface area contributed by atoms with Crippen LogP contribution in [0.3, 0.4) is 0 Å². The minimum Gasteiger partial charge on any atom is -0.313 e. The Labute approximate surface area is 88.7 Å². The number of rotatable bonds is 4. The van der Waals surface area contributed by atoms with Crippen LogP contribution in [0.5, 0.6) is 0 Å². The molecule has 0 atom stereocenters. The molecule has 0 unspecified atom stereocenters. The van der Waals surface area contributed by atoms with Crippen LogP contribution in [-0.2, 0) is 0 Å². The zero-order valence-corrected chi connectivity index (χ0v) is 9.81. The van der Waals surface area contributed by atoms with Crippen molar-refractivity contribution in [3.8, 4) is 0 Å². The maximum Gasteiger partial charge on any atom is 0.00674 e. The summed E-state index contributed by atoms with van der Waals surface area (Å²) >= 11 is 0. The van der Waals surface area contributed by atoms with Gasteiger partial charge in [0.25, 0.3) is 0 Å². The Morgan fingerprint density at radius 1 is 1.14 bits per heavy atom. The molecule has 0 radical (unpaired) electrons. The Balaban J connectivity index is 1.63. The minimum absolute atomic E-state index is 0.682.